The number of nitrogens with zero attached hydrogens (tertiary/aromatic N) is 3. The lowest BCUT2D eigenvalue weighted by Gasteiger charge is -2.34. The van der Waals surface area contributed by atoms with Crippen molar-refractivity contribution in [2.24, 2.45) is 11.8 Å². The molecule has 1 aromatic heterocycles. The largest absolute Gasteiger partial charge is 0.380 e. The van der Waals surface area contributed by atoms with Crippen LogP contribution in [-0.2, 0) is 5.44 Å². The predicted molar refractivity (Wildman–Crippen MR) is 154 cm³/mol. The van der Waals surface area contributed by atoms with E-state index in [2.05, 4.69) is 51.7 Å². The summed E-state index contributed by atoms with van der Waals surface area (Å²) >= 11 is 13.6. The minimum Gasteiger partial charge on any atom is -0.380 e. The van der Waals surface area contributed by atoms with E-state index in [1.807, 2.05) is 36.4 Å². The number of fused-ring (bicyclic) bond motifs is 2. The second-order valence-corrected chi connectivity index (χ2v) is 11.9. The Balaban J connectivity index is 1.31. The summed E-state index contributed by atoms with van der Waals surface area (Å²) in [4.78, 5) is 4.55. The topological polar surface area (TPSA) is 88.0 Å². The smallest absolute Gasteiger partial charge is 0.148 e. The summed E-state index contributed by atoms with van der Waals surface area (Å²) in [7, 11) is 2.11. The first-order valence-corrected chi connectivity index (χ1v) is 14.1. The molecule has 2 heterocycles. The minimum absolute atomic E-state index is 0.414. The van der Waals surface area contributed by atoms with Crippen molar-refractivity contribution in [1.29, 1.82) is 5.26 Å². The van der Waals surface area contributed by atoms with Gasteiger partial charge in [0, 0.05) is 40.6 Å². The number of halogens is 2. The van der Waals surface area contributed by atoms with Gasteiger partial charge in [0.2, 0.25) is 0 Å². The summed E-state index contributed by atoms with van der Waals surface area (Å²) in [6.07, 6.45) is 9.89. The number of nitriles is 1. The van der Waals surface area contributed by atoms with Gasteiger partial charge in [0.05, 0.1) is 32.9 Å². The van der Waals surface area contributed by atoms with Gasteiger partial charge < -0.3 is 16.1 Å². The molecule has 0 radical (unpaired) electrons. The highest BCUT2D eigenvalue weighted by atomic mass is 35.5. The fraction of sp³-hybridized carbons (Fsp3) is 0.357. The lowest BCUT2D eigenvalue weighted by molar-refractivity contribution is 0.260. The van der Waals surface area contributed by atoms with Crippen molar-refractivity contribution in [2.75, 3.05) is 10.6 Å². The zero-order valence-electron chi connectivity index (χ0n) is 21.1. The zero-order chi connectivity index (χ0) is 26.0. The van der Waals surface area contributed by atoms with Crippen LogP contribution < -0.4 is 21.6 Å². The Kier molecular flexibility index (Phi) is 5.66. The summed E-state index contributed by atoms with van der Waals surface area (Å²) in [6.45, 7) is 0. The molecular weight excluding hydrogens is 516 g/mol. The van der Waals surface area contributed by atoms with Crippen LogP contribution in [-0.4, -0.2) is 29.9 Å². The Morgan fingerprint density at radius 1 is 1.11 bits per heavy atom. The van der Waals surface area contributed by atoms with E-state index in [4.69, 9.17) is 23.2 Å². The second kappa shape index (κ2) is 8.98. The Hall–Kier alpha value is -3.12. The number of nitrogens with one attached hydrogen (secondary N) is 4. The van der Waals surface area contributed by atoms with Crippen LogP contribution in [0.4, 0.5) is 11.4 Å². The van der Waals surface area contributed by atoms with Crippen LogP contribution in [0, 0.1) is 23.2 Å². The summed E-state index contributed by atoms with van der Waals surface area (Å²) in [5.41, 5.74) is 10.7. The molecule has 1 aliphatic heterocycles. The average molecular weight is 544 g/mol. The number of hydrazine groups is 2. The first kappa shape index (κ1) is 24.0. The van der Waals surface area contributed by atoms with Crippen LogP contribution in [0.2, 0.25) is 10.0 Å². The highest BCUT2D eigenvalue weighted by Crippen LogP contribution is 2.54. The molecule has 38 heavy (non-hydrogen) atoms. The molecule has 0 bridgehead atoms. The van der Waals surface area contributed by atoms with Gasteiger partial charge in [0.1, 0.15) is 13.9 Å². The Morgan fingerprint density at radius 3 is 2.63 bits per heavy atom. The highest BCUT2D eigenvalue weighted by Gasteiger charge is 2.52. The molecule has 10 heteroatoms. The number of aromatic nitrogens is 1. The van der Waals surface area contributed by atoms with Crippen molar-refractivity contribution in [2.45, 2.75) is 49.6 Å². The molecular formula is C28H28BCl2N7. The van der Waals surface area contributed by atoms with Gasteiger partial charge in [-0.15, -0.1) is 5.53 Å². The zero-order valence-corrected chi connectivity index (χ0v) is 22.6. The molecule has 0 saturated heterocycles. The molecule has 4 aliphatic rings. The van der Waals surface area contributed by atoms with E-state index in [0.717, 1.165) is 28.0 Å². The van der Waals surface area contributed by atoms with Crippen molar-refractivity contribution in [1.82, 2.24) is 21.0 Å². The van der Waals surface area contributed by atoms with Gasteiger partial charge in [-0.1, -0.05) is 47.8 Å². The van der Waals surface area contributed by atoms with Crippen molar-refractivity contribution in [3.8, 4) is 6.07 Å². The first-order chi connectivity index (χ1) is 18.5. The van der Waals surface area contributed by atoms with Crippen LogP contribution in [0.1, 0.15) is 43.2 Å². The van der Waals surface area contributed by atoms with Crippen LogP contribution >= 0.6 is 23.2 Å². The van der Waals surface area contributed by atoms with Gasteiger partial charge in [-0.25, -0.2) is 0 Å². The van der Waals surface area contributed by atoms with Crippen LogP contribution in [0.5, 0.6) is 0 Å². The molecule has 7 rings (SSSR count). The summed E-state index contributed by atoms with van der Waals surface area (Å²) in [6, 6.07) is 15.1. The van der Waals surface area contributed by atoms with E-state index in [1.165, 1.54) is 32.1 Å². The maximum Gasteiger partial charge on any atom is 0.148 e. The fourth-order valence-electron chi connectivity index (χ4n) is 6.34. The molecule has 4 atom stereocenters. The molecule has 7 nitrogen and oxygen atoms in total. The van der Waals surface area contributed by atoms with Crippen LogP contribution in [0.3, 0.4) is 0 Å². The lowest BCUT2D eigenvalue weighted by Crippen LogP contribution is -2.45. The molecule has 3 saturated carbocycles. The van der Waals surface area contributed by atoms with Crippen molar-refractivity contribution in [3.63, 3.8) is 0 Å². The first-order valence-electron chi connectivity index (χ1n) is 13.3. The monoisotopic (exact) mass is 543 g/mol. The van der Waals surface area contributed by atoms with Gasteiger partial charge in [0.15, 0.2) is 0 Å². The molecule has 3 aliphatic carbocycles. The number of benzene rings is 2. The average Bonchev–Trinajstić information content (AvgIpc) is 3.73. The van der Waals surface area contributed by atoms with Gasteiger partial charge in [0.25, 0.3) is 0 Å². The third-order valence-electron chi connectivity index (χ3n) is 8.64. The van der Waals surface area contributed by atoms with Crippen molar-refractivity contribution in [3.05, 3.63) is 75.7 Å². The number of hydrogen-bond acceptors (Lipinski definition) is 7. The summed E-state index contributed by atoms with van der Waals surface area (Å²) < 4.78 is 0. The Labute approximate surface area is 232 Å². The molecule has 3 fully saturated rings. The van der Waals surface area contributed by atoms with Crippen molar-refractivity contribution < 1.29 is 0 Å². The van der Waals surface area contributed by atoms with E-state index in [-0.39, 0.29) is 0 Å². The Bertz CT molecular complexity index is 1510. The van der Waals surface area contributed by atoms with E-state index < -0.39 is 5.44 Å². The van der Waals surface area contributed by atoms with E-state index in [0.29, 0.717) is 45.0 Å². The van der Waals surface area contributed by atoms with Crippen molar-refractivity contribution >= 4 is 53.3 Å². The quantitative estimate of drug-likeness (QED) is 0.317. The van der Waals surface area contributed by atoms with Gasteiger partial charge in [-0.3, -0.25) is 9.99 Å². The van der Waals surface area contributed by atoms with E-state index in [9.17, 15) is 5.26 Å². The maximum absolute atomic E-state index is 9.92. The third-order valence-corrected chi connectivity index (χ3v) is 9.25. The molecule has 4 N–H and O–H groups in total. The molecule has 0 spiro atoms. The SMILES string of the molecule is BC(Nc1cc(Cl)c2ncc(C#N)c(N[C@@H]3[C@@H]4CCC[C@@H]43)c2c1)(C1=CN(C2CC2)NN1)c1ccccc1Cl. The molecule has 2 aromatic carbocycles. The summed E-state index contributed by atoms with van der Waals surface area (Å²) in [5, 5.41) is 21.5. The maximum atomic E-state index is 9.92. The van der Waals surface area contributed by atoms with Gasteiger partial charge in [-0.2, -0.15) is 5.26 Å². The van der Waals surface area contributed by atoms with Crippen LogP contribution in [0.25, 0.3) is 10.9 Å². The number of hydrogen-bond donors (Lipinski definition) is 4. The second-order valence-electron chi connectivity index (χ2n) is 11.1. The summed E-state index contributed by atoms with van der Waals surface area (Å²) in [5.74, 6) is 1.40. The third kappa shape index (κ3) is 3.96. The van der Waals surface area contributed by atoms with Gasteiger partial charge in [-0.05, 0) is 61.3 Å². The molecule has 192 valence electrons. The molecule has 0 amide bonds. The van der Waals surface area contributed by atoms with Crippen LogP contribution in [0.15, 0.2) is 54.5 Å². The van der Waals surface area contributed by atoms with E-state index in [1.54, 1.807) is 6.20 Å². The predicted octanol–water partition coefficient (Wildman–Crippen LogP) is 4.85. The number of anilines is 2. The molecule has 3 aromatic rings. The van der Waals surface area contributed by atoms with Gasteiger partial charge >= 0.3 is 0 Å². The minimum atomic E-state index is -0.701. The fourth-order valence-corrected chi connectivity index (χ4v) is 6.93. The number of pyridine rings is 1. The Morgan fingerprint density at radius 2 is 1.89 bits per heavy atom. The lowest BCUT2D eigenvalue weighted by atomic mass is 9.69. The standard InChI is InChI=1S/C28H28BCl2N7/c29-28(21-6-1-2-7-22(21)30,24-14-38(37-36-24)17-8-9-17)35-16-10-20-25(34-26-18-4-3-5-19(18)26)15(12-32)13-33-27(20)23(31)11-16/h1-2,6-7,10-11,13-14,17-19,26,35-37H,3-5,8-9,29H2,(H,33,34)/t18-,19+,26-,28?. The molecule has 1 unspecified atom stereocenters. The van der Waals surface area contributed by atoms with E-state index >= 15 is 0 Å². The number of rotatable bonds is 7. The normalized spacial score (nSPS) is 25.2. The highest BCUT2D eigenvalue weighted by molar-refractivity contribution is 6.36.